The number of hydrogen-bond acceptors (Lipinski definition) is 6. The van der Waals surface area contributed by atoms with Crippen LogP contribution in [0.5, 0.6) is 17.2 Å². The maximum Gasteiger partial charge on any atom is 0.254 e. The number of carbonyl (C=O) groups is 2. The SMILES string of the molecule is COc1ccc(N2CCN(C(=O)[C@@H]3c4cc(OC)c(OC)cc4C(=O)N(C)[C@@H]3c3ccccc3F)CC2)cc1. The van der Waals surface area contributed by atoms with Crippen molar-refractivity contribution < 1.29 is 28.2 Å². The summed E-state index contributed by atoms with van der Waals surface area (Å²) in [7, 11) is 6.24. The van der Waals surface area contributed by atoms with Gasteiger partial charge in [0.15, 0.2) is 11.5 Å². The van der Waals surface area contributed by atoms with Gasteiger partial charge in [0.2, 0.25) is 5.91 Å². The molecule has 3 aromatic rings. The fraction of sp³-hybridized carbons (Fsp3) is 0.333. The summed E-state index contributed by atoms with van der Waals surface area (Å²) in [6.07, 6.45) is 0. The zero-order valence-electron chi connectivity index (χ0n) is 22.5. The number of halogens is 1. The Bertz CT molecular complexity index is 1370. The molecule has 0 saturated carbocycles. The van der Waals surface area contributed by atoms with E-state index in [1.165, 1.54) is 25.2 Å². The largest absolute Gasteiger partial charge is 0.497 e. The molecule has 2 aliphatic rings. The number of likely N-dealkylation sites (N-methyl/N-ethyl adjacent to an activating group) is 1. The Morgan fingerprint density at radius 2 is 1.49 bits per heavy atom. The van der Waals surface area contributed by atoms with Crippen LogP contribution in [0.2, 0.25) is 0 Å². The Balaban J connectivity index is 1.51. The van der Waals surface area contributed by atoms with Gasteiger partial charge in [0.25, 0.3) is 5.91 Å². The van der Waals surface area contributed by atoms with Crippen molar-refractivity contribution in [2.75, 3.05) is 59.5 Å². The fourth-order valence-corrected chi connectivity index (χ4v) is 5.59. The molecule has 8 nitrogen and oxygen atoms in total. The van der Waals surface area contributed by atoms with E-state index in [9.17, 15) is 9.59 Å². The Morgan fingerprint density at radius 1 is 0.846 bits per heavy atom. The minimum Gasteiger partial charge on any atom is -0.497 e. The molecule has 2 amide bonds. The molecule has 2 heterocycles. The Kier molecular flexibility index (Phi) is 7.32. The monoisotopic (exact) mass is 533 g/mol. The van der Waals surface area contributed by atoms with Crippen molar-refractivity contribution >= 4 is 17.5 Å². The number of fused-ring (bicyclic) bond motifs is 1. The average molecular weight is 534 g/mol. The lowest BCUT2D eigenvalue weighted by Gasteiger charge is -2.43. The Labute approximate surface area is 227 Å². The third-order valence-electron chi connectivity index (χ3n) is 7.69. The number of hydrogen-bond donors (Lipinski definition) is 0. The summed E-state index contributed by atoms with van der Waals surface area (Å²) in [6.45, 7) is 2.27. The second-order valence-corrected chi connectivity index (χ2v) is 9.66. The summed E-state index contributed by atoms with van der Waals surface area (Å²) in [5.74, 6) is -0.184. The minimum atomic E-state index is -0.827. The molecule has 9 heteroatoms. The van der Waals surface area contributed by atoms with Crippen LogP contribution in [0, 0.1) is 5.82 Å². The molecule has 1 fully saturated rings. The summed E-state index contributed by atoms with van der Waals surface area (Å²) in [5.41, 5.74) is 2.20. The van der Waals surface area contributed by atoms with Crippen LogP contribution >= 0.6 is 0 Å². The van der Waals surface area contributed by atoms with Gasteiger partial charge in [-0.05, 0) is 48.0 Å². The van der Waals surface area contributed by atoms with Crippen LogP contribution in [0.3, 0.4) is 0 Å². The molecule has 0 unspecified atom stereocenters. The first kappa shape index (κ1) is 26.3. The van der Waals surface area contributed by atoms with Crippen LogP contribution in [-0.2, 0) is 4.79 Å². The normalized spacial score (nSPS) is 19.0. The van der Waals surface area contributed by atoms with E-state index in [1.807, 2.05) is 29.2 Å². The molecule has 5 rings (SSSR count). The number of ether oxygens (including phenoxy) is 3. The number of anilines is 1. The topological polar surface area (TPSA) is 71.5 Å². The molecule has 0 bridgehead atoms. The van der Waals surface area contributed by atoms with Gasteiger partial charge in [-0.2, -0.15) is 0 Å². The van der Waals surface area contributed by atoms with Crippen LogP contribution in [0.4, 0.5) is 10.1 Å². The first-order valence-electron chi connectivity index (χ1n) is 12.8. The maximum atomic E-state index is 15.2. The summed E-state index contributed by atoms with van der Waals surface area (Å²) in [4.78, 5) is 33.3. The molecule has 0 aromatic heterocycles. The van der Waals surface area contributed by atoms with Crippen molar-refractivity contribution in [2.24, 2.45) is 0 Å². The van der Waals surface area contributed by atoms with E-state index in [4.69, 9.17) is 14.2 Å². The lowest BCUT2D eigenvalue weighted by atomic mass is 9.78. The fourth-order valence-electron chi connectivity index (χ4n) is 5.59. The van der Waals surface area contributed by atoms with E-state index in [1.54, 1.807) is 44.5 Å². The van der Waals surface area contributed by atoms with Crippen molar-refractivity contribution in [3.63, 3.8) is 0 Å². The molecule has 0 aliphatic carbocycles. The predicted molar refractivity (Wildman–Crippen MR) is 145 cm³/mol. The van der Waals surface area contributed by atoms with Gasteiger partial charge >= 0.3 is 0 Å². The van der Waals surface area contributed by atoms with E-state index in [0.717, 1.165) is 11.4 Å². The van der Waals surface area contributed by atoms with Crippen LogP contribution < -0.4 is 19.1 Å². The highest BCUT2D eigenvalue weighted by molar-refractivity contribution is 6.02. The van der Waals surface area contributed by atoms with Crippen LogP contribution in [0.1, 0.15) is 33.4 Å². The molecule has 0 spiro atoms. The molecule has 2 aliphatic heterocycles. The molecular weight excluding hydrogens is 501 g/mol. The second-order valence-electron chi connectivity index (χ2n) is 9.66. The summed E-state index contributed by atoms with van der Waals surface area (Å²) in [6, 6.07) is 16.6. The first-order valence-corrected chi connectivity index (χ1v) is 12.8. The highest BCUT2D eigenvalue weighted by Gasteiger charge is 2.46. The van der Waals surface area contributed by atoms with Crippen LogP contribution in [0.25, 0.3) is 0 Å². The van der Waals surface area contributed by atoms with Gasteiger partial charge in [0.05, 0.1) is 33.3 Å². The lowest BCUT2D eigenvalue weighted by molar-refractivity contribution is -0.134. The van der Waals surface area contributed by atoms with Crippen molar-refractivity contribution in [1.82, 2.24) is 9.80 Å². The quantitative estimate of drug-likeness (QED) is 0.475. The summed E-state index contributed by atoms with van der Waals surface area (Å²) < 4.78 is 31.4. The predicted octanol–water partition coefficient (Wildman–Crippen LogP) is 4.11. The van der Waals surface area contributed by atoms with E-state index < -0.39 is 17.8 Å². The van der Waals surface area contributed by atoms with Crippen molar-refractivity contribution in [3.8, 4) is 17.2 Å². The number of piperazine rings is 1. The molecule has 0 N–H and O–H groups in total. The maximum absolute atomic E-state index is 15.2. The zero-order chi connectivity index (χ0) is 27.7. The molecular formula is C30H32FN3O5. The second kappa shape index (κ2) is 10.8. The van der Waals surface area contributed by atoms with E-state index in [-0.39, 0.29) is 11.8 Å². The third-order valence-corrected chi connectivity index (χ3v) is 7.69. The van der Waals surface area contributed by atoms with E-state index >= 15 is 4.39 Å². The standard InChI is InChI=1S/C30H32FN3O5/c1-32-28(21-7-5-6-8-24(21)31)27(22-17-25(38-3)26(39-4)18-23(22)29(32)35)30(36)34-15-13-33(14-16-34)19-9-11-20(37-2)12-10-19/h5-12,17-18,27-28H,13-16H2,1-4H3/t27-,28-/m1/s1. The molecule has 39 heavy (non-hydrogen) atoms. The Morgan fingerprint density at radius 3 is 2.10 bits per heavy atom. The first-order chi connectivity index (χ1) is 18.9. The van der Waals surface area contributed by atoms with Crippen molar-refractivity contribution in [3.05, 3.63) is 83.2 Å². The number of carbonyl (C=O) groups excluding carboxylic acids is 2. The summed E-state index contributed by atoms with van der Waals surface area (Å²) in [5, 5.41) is 0. The van der Waals surface area contributed by atoms with Crippen LogP contribution in [0.15, 0.2) is 60.7 Å². The average Bonchev–Trinajstić information content (AvgIpc) is 2.98. The Hall–Kier alpha value is -4.27. The minimum absolute atomic E-state index is 0.162. The third kappa shape index (κ3) is 4.73. The lowest BCUT2D eigenvalue weighted by Crippen LogP contribution is -2.53. The van der Waals surface area contributed by atoms with Gasteiger partial charge in [-0.3, -0.25) is 9.59 Å². The molecule has 1 saturated heterocycles. The van der Waals surface area contributed by atoms with Gasteiger partial charge < -0.3 is 28.9 Å². The number of benzene rings is 3. The molecule has 3 aromatic carbocycles. The van der Waals surface area contributed by atoms with Gasteiger partial charge in [0, 0.05) is 50.0 Å². The highest BCUT2D eigenvalue weighted by atomic mass is 19.1. The van der Waals surface area contributed by atoms with Gasteiger partial charge in [-0.15, -0.1) is 0 Å². The molecule has 2 atom stereocenters. The highest BCUT2D eigenvalue weighted by Crippen LogP contribution is 2.46. The van der Waals surface area contributed by atoms with E-state index in [2.05, 4.69) is 4.90 Å². The van der Waals surface area contributed by atoms with E-state index in [0.29, 0.717) is 54.4 Å². The number of rotatable bonds is 6. The summed E-state index contributed by atoms with van der Waals surface area (Å²) >= 11 is 0. The number of amides is 2. The van der Waals surface area contributed by atoms with Crippen molar-refractivity contribution in [2.45, 2.75) is 12.0 Å². The zero-order valence-corrected chi connectivity index (χ0v) is 22.5. The van der Waals surface area contributed by atoms with Crippen molar-refractivity contribution in [1.29, 1.82) is 0 Å². The number of methoxy groups -OCH3 is 3. The van der Waals surface area contributed by atoms with Gasteiger partial charge in [-0.25, -0.2) is 4.39 Å². The van der Waals surface area contributed by atoms with Crippen LogP contribution in [-0.4, -0.2) is 76.2 Å². The molecule has 204 valence electrons. The van der Waals surface area contributed by atoms with Gasteiger partial charge in [0.1, 0.15) is 11.6 Å². The smallest absolute Gasteiger partial charge is 0.254 e. The molecule has 0 radical (unpaired) electrons. The van der Waals surface area contributed by atoms with Gasteiger partial charge in [-0.1, -0.05) is 18.2 Å². The number of nitrogens with zero attached hydrogens (tertiary/aromatic N) is 3.